The molecule has 0 aromatic heterocycles. The molecule has 1 fully saturated rings. The van der Waals surface area contributed by atoms with E-state index in [0.717, 1.165) is 6.42 Å². The van der Waals surface area contributed by atoms with Crippen LogP contribution >= 0.6 is 28.1 Å². The fourth-order valence-electron chi connectivity index (χ4n) is 3.02. The van der Waals surface area contributed by atoms with Crippen molar-refractivity contribution >= 4 is 51.0 Å². The quantitative estimate of drug-likeness (QED) is 0.263. The highest BCUT2D eigenvalue weighted by Crippen LogP contribution is 2.26. The predicted molar refractivity (Wildman–Crippen MR) is 130 cm³/mol. The van der Waals surface area contributed by atoms with E-state index in [9.17, 15) is 14.4 Å². The van der Waals surface area contributed by atoms with E-state index in [-0.39, 0.29) is 17.4 Å². The molecule has 9 nitrogen and oxygen atoms in total. The maximum absolute atomic E-state index is 12.7. The second-order valence-corrected chi connectivity index (χ2v) is 9.09. The van der Waals surface area contributed by atoms with Crippen LogP contribution in [0.4, 0.5) is 0 Å². The van der Waals surface area contributed by atoms with Gasteiger partial charge in [0.25, 0.3) is 5.91 Å². The summed E-state index contributed by atoms with van der Waals surface area (Å²) in [5, 5.41) is 5.45. The van der Waals surface area contributed by atoms with Crippen LogP contribution in [0.5, 0.6) is 5.75 Å². The van der Waals surface area contributed by atoms with E-state index >= 15 is 0 Å². The van der Waals surface area contributed by atoms with E-state index in [4.69, 9.17) is 26.4 Å². The van der Waals surface area contributed by atoms with Gasteiger partial charge in [0.15, 0.2) is 5.11 Å². The molecule has 1 aliphatic rings. The molecule has 2 rings (SSSR count). The fraction of sp³-hybridized carbons (Fsp3) is 0.545. The highest BCUT2D eigenvalue weighted by molar-refractivity contribution is 9.10. The van der Waals surface area contributed by atoms with Crippen LogP contribution in [0, 0.1) is 5.92 Å². The molecule has 0 radical (unpaired) electrons. The number of hydrogen-bond acceptors (Lipinski definition) is 7. The molecule has 182 valence electrons. The van der Waals surface area contributed by atoms with Crippen LogP contribution in [0.1, 0.15) is 37.0 Å². The Morgan fingerprint density at radius 3 is 2.73 bits per heavy atom. The molecule has 0 spiro atoms. The highest BCUT2D eigenvalue weighted by Gasteiger charge is 2.34. The minimum Gasteiger partial charge on any atom is -0.490 e. The van der Waals surface area contributed by atoms with Crippen molar-refractivity contribution < 1.29 is 28.6 Å². The number of amides is 2. The lowest BCUT2D eigenvalue weighted by Gasteiger charge is -2.36. The van der Waals surface area contributed by atoms with E-state index in [0.29, 0.717) is 54.6 Å². The molecule has 0 bridgehead atoms. The van der Waals surface area contributed by atoms with Crippen molar-refractivity contribution in [1.29, 1.82) is 0 Å². The summed E-state index contributed by atoms with van der Waals surface area (Å²) in [6.07, 6.45) is 0.589. The Morgan fingerprint density at radius 1 is 1.30 bits per heavy atom. The van der Waals surface area contributed by atoms with Crippen molar-refractivity contribution in [1.82, 2.24) is 15.5 Å². The van der Waals surface area contributed by atoms with Gasteiger partial charge < -0.3 is 24.4 Å². The first-order valence-electron chi connectivity index (χ1n) is 10.7. The van der Waals surface area contributed by atoms with Gasteiger partial charge in [-0.05, 0) is 58.7 Å². The number of nitrogens with one attached hydrogen (secondary N) is 2. The lowest BCUT2D eigenvalue weighted by molar-refractivity contribution is -0.147. The monoisotopic (exact) mass is 543 g/mol. The number of hydrogen-bond donors (Lipinski definition) is 2. The molecular formula is C22H30BrN3O6S. The summed E-state index contributed by atoms with van der Waals surface area (Å²) < 4.78 is 16.4. The molecule has 1 aromatic carbocycles. The molecule has 1 heterocycles. The maximum atomic E-state index is 12.7. The average molecular weight is 544 g/mol. The number of ether oxygens (including phenoxy) is 3. The van der Waals surface area contributed by atoms with Crippen molar-refractivity contribution in [2.75, 3.05) is 40.0 Å². The van der Waals surface area contributed by atoms with Gasteiger partial charge in [-0.15, -0.1) is 0 Å². The normalized spacial score (nSPS) is 15.7. The summed E-state index contributed by atoms with van der Waals surface area (Å²) in [6.45, 7) is 5.91. The standard InChI is InChI=1S/C22H30BrN3O6S/c1-14(2)6-9-32-19(27)13-17-21(29)24-7-8-26(17)22(33)25-20(28)15-4-5-18(16(23)12-15)31-11-10-30-3/h4-5,12,14,17H,6-11,13H2,1-3H3,(H,24,29)(H,25,28,33). The summed E-state index contributed by atoms with van der Waals surface area (Å²) in [4.78, 5) is 38.9. The van der Waals surface area contributed by atoms with Crippen LogP contribution in [0.25, 0.3) is 0 Å². The lowest BCUT2D eigenvalue weighted by atomic mass is 10.1. The highest BCUT2D eigenvalue weighted by atomic mass is 79.9. The number of thiocarbonyl (C=S) groups is 1. The molecule has 2 amide bonds. The Labute approximate surface area is 207 Å². The molecule has 1 saturated heterocycles. The molecule has 2 N–H and O–H groups in total. The number of rotatable bonds is 10. The topological polar surface area (TPSA) is 106 Å². The van der Waals surface area contributed by atoms with Gasteiger partial charge in [0.05, 0.1) is 24.1 Å². The van der Waals surface area contributed by atoms with Gasteiger partial charge in [-0.1, -0.05) is 13.8 Å². The SMILES string of the molecule is COCCOc1ccc(C(=O)NC(=S)N2CCNC(=O)C2CC(=O)OCCC(C)C)cc1Br. The van der Waals surface area contributed by atoms with Crippen molar-refractivity contribution in [2.24, 2.45) is 5.92 Å². The third-order valence-corrected chi connectivity index (χ3v) is 5.83. The first kappa shape index (κ1) is 27.0. The summed E-state index contributed by atoms with van der Waals surface area (Å²) in [6, 6.07) is 4.05. The molecule has 33 heavy (non-hydrogen) atoms. The minimum absolute atomic E-state index is 0.0753. The van der Waals surface area contributed by atoms with Crippen LogP contribution < -0.4 is 15.4 Å². The molecule has 11 heteroatoms. The third kappa shape index (κ3) is 8.56. The number of methoxy groups -OCH3 is 1. The lowest BCUT2D eigenvalue weighted by Crippen LogP contribution is -2.60. The number of benzene rings is 1. The largest absolute Gasteiger partial charge is 0.490 e. The number of nitrogens with zero attached hydrogens (tertiary/aromatic N) is 1. The number of esters is 1. The Hall–Kier alpha value is -2.24. The zero-order chi connectivity index (χ0) is 24.4. The summed E-state index contributed by atoms with van der Waals surface area (Å²) >= 11 is 8.79. The summed E-state index contributed by atoms with van der Waals surface area (Å²) in [5.41, 5.74) is 0.356. The van der Waals surface area contributed by atoms with E-state index in [1.807, 2.05) is 13.8 Å². The number of piperazine rings is 1. The zero-order valence-corrected chi connectivity index (χ0v) is 21.4. The molecule has 1 aromatic rings. The van der Waals surface area contributed by atoms with Gasteiger partial charge in [0, 0.05) is 25.8 Å². The number of halogens is 1. The van der Waals surface area contributed by atoms with Crippen LogP contribution in [-0.4, -0.2) is 73.9 Å². The van der Waals surface area contributed by atoms with Crippen LogP contribution in [0.2, 0.25) is 0 Å². The van der Waals surface area contributed by atoms with E-state index in [1.54, 1.807) is 30.2 Å². The van der Waals surface area contributed by atoms with Gasteiger partial charge in [0.2, 0.25) is 5.91 Å². The molecule has 1 aliphatic heterocycles. The van der Waals surface area contributed by atoms with Crippen LogP contribution in [0.3, 0.4) is 0 Å². The van der Waals surface area contributed by atoms with Gasteiger partial charge >= 0.3 is 5.97 Å². The third-order valence-electron chi connectivity index (χ3n) is 4.87. The van der Waals surface area contributed by atoms with Crippen molar-refractivity contribution in [3.8, 4) is 5.75 Å². The average Bonchev–Trinajstić information content (AvgIpc) is 2.76. The van der Waals surface area contributed by atoms with Gasteiger partial charge in [-0.2, -0.15) is 0 Å². The van der Waals surface area contributed by atoms with Crippen molar-refractivity contribution in [2.45, 2.75) is 32.7 Å². The minimum atomic E-state index is -0.846. The van der Waals surface area contributed by atoms with Crippen LogP contribution in [-0.2, 0) is 19.1 Å². The summed E-state index contributed by atoms with van der Waals surface area (Å²) in [5.74, 6) is -0.270. The number of carbonyl (C=O) groups is 3. The molecular weight excluding hydrogens is 514 g/mol. The van der Waals surface area contributed by atoms with Gasteiger partial charge in [0.1, 0.15) is 18.4 Å². The second kappa shape index (κ2) is 13.5. The van der Waals surface area contributed by atoms with E-state index in [1.165, 1.54) is 0 Å². The second-order valence-electron chi connectivity index (χ2n) is 7.85. The first-order valence-corrected chi connectivity index (χ1v) is 11.9. The zero-order valence-electron chi connectivity index (χ0n) is 19.0. The summed E-state index contributed by atoms with van der Waals surface area (Å²) in [7, 11) is 1.58. The fourth-order valence-corrected chi connectivity index (χ4v) is 3.83. The Morgan fingerprint density at radius 2 is 2.06 bits per heavy atom. The van der Waals surface area contributed by atoms with Gasteiger partial charge in [-0.25, -0.2) is 0 Å². The molecule has 0 saturated carbocycles. The van der Waals surface area contributed by atoms with E-state index in [2.05, 4.69) is 26.6 Å². The maximum Gasteiger partial charge on any atom is 0.308 e. The van der Waals surface area contributed by atoms with Crippen molar-refractivity contribution in [3.05, 3.63) is 28.2 Å². The van der Waals surface area contributed by atoms with E-state index < -0.39 is 17.9 Å². The molecule has 1 atom stereocenters. The Balaban J connectivity index is 1.99. The first-order chi connectivity index (χ1) is 15.7. The molecule has 0 aliphatic carbocycles. The van der Waals surface area contributed by atoms with Crippen LogP contribution in [0.15, 0.2) is 22.7 Å². The predicted octanol–water partition coefficient (Wildman–Crippen LogP) is 2.27. The smallest absolute Gasteiger partial charge is 0.308 e. The van der Waals surface area contributed by atoms with Gasteiger partial charge in [-0.3, -0.25) is 19.7 Å². The Bertz CT molecular complexity index is 867. The number of carbonyl (C=O) groups excluding carboxylic acids is 3. The Kier molecular flexibility index (Phi) is 11.0. The van der Waals surface area contributed by atoms with Crippen molar-refractivity contribution in [3.63, 3.8) is 0 Å². The molecule has 1 unspecified atom stereocenters.